The first kappa shape index (κ1) is 14.4. The van der Waals surface area contributed by atoms with Crippen molar-refractivity contribution in [2.75, 3.05) is 0 Å². The highest BCUT2D eigenvalue weighted by Crippen LogP contribution is 2.27. The van der Waals surface area contributed by atoms with Crippen molar-refractivity contribution in [1.82, 2.24) is 5.43 Å². The fourth-order valence-electron chi connectivity index (χ4n) is 1.69. The van der Waals surface area contributed by atoms with Gasteiger partial charge < -0.3 is 0 Å². The van der Waals surface area contributed by atoms with Crippen LogP contribution in [0.25, 0.3) is 0 Å². The number of halogens is 3. The van der Waals surface area contributed by atoms with Crippen LogP contribution in [0, 0.1) is 8.70 Å². The molecule has 1 aromatic heterocycles. The Bertz CT molecular complexity index is 547. The second-order valence-electron chi connectivity index (χ2n) is 3.84. The van der Waals surface area contributed by atoms with E-state index in [9.17, 15) is 4.39 Å². The van der Waals surface area contributed by atoms with E-state index in [-0.39, 0.29) is 11.9 Å². The maximum Gasteiger partial charge on any atom is 0.124 e. The molecule has 0 saturated heterocycles. The number of benzene rings is 1. The second kappa shape index (κ2) is 6.42. The Labute approximate surface area is 131 Å². The van der Waals surface area contributed by atoms with Gasteiger partial charge in [0.05, 0.1) is 8.93 Å². The van der Waals surface area contributed by atoms with E-state index in [0.717, 1.165) is 15.6 Å². The molecule has 1 heterocycles. The van der Waals surface area contributed by atoms with Gasteiger partial charge in [-0.1, -0.05) is 22.0 Å². The Morgan fingerprint density at radius 2 is 2.22 bits per heavy atom. The third kappa shape index (κ3) is 3.51. The topological polar surface area (TPSA) is 38.0 Å². The van der Waals surface area contributed by atoms with Crippen LogP contribution < -0.4 is 11.3 Å². The van der Waals surface area contributed by atoms with Crippen molar-refractivity contribution >= 4 is 49.9 Å². The molecule has 3 N–H and O–H groups in total. The number of nitrogens with one attached hydrogen (secondary N) is 1. The molecular formula is C12H11BrFIN2S. The summed E-state index contributed by atoms with van der Waals surface area (Å²) < 4.78 is 15.0. The maximum atomic E-state index is 13.0. The molecule has 18 heavy (non-hydrogen) atoms. The van der Waals surface area contributed by atoms with Gasteiger partial charge in [-0.25, -0.2) is 4.39 Å². The summed E-state index contributed by atoms with van der Waals surface area (Å²) in [5.74, 6) is 5.36. The molecule has 96 valence electrons. The predicted octanol–water partition coefficient (Wildman–Crippen LogP) is 4.00. The highest BCUT2D eigenvalue weighted by atomic mass is 127. The molecule has 0 amide bonds. The second-order valence-corrected chi connectivity index (χ2v) is 7.50. The van der Waals surface area contributed by atoms with Crippen LogP contribution in [0.3, 0.4) is 0 Å². The van der Waals surface area contributed by atoms with Gasteiger partial charge in [-0.05, 0) is 63.7 Å². The molecule has 6 heteroatoms. The van der Waals surface area contributed by atoms with Gasteiger partial charge in [-0.3, -0.25) is 11.3 Å². The van der Waals surface area contributed by atoms with Crippen molar-refractivity contribution in [3.05, 3.63) is 53.9 Å². The molecule has 0 aliphatic carbocycles. The van der Waals surface area contributed by atoms with Gasteiger partial charge in [-0.2, -0.15) is 0 Å². The van der Waals surface area contributed by atoms with Crippen LogP contribution >= 0.6 is 49.9 Å². The predicted molar refractivity (Wildman–Crippen MR) is 84.9 cm³/mol. The number of thiophene rings is 1. The molecule has 0 aliphatic heterocycles. The summed E-state index contributed by atoms with van der Waals surface area (Å²) in [6.07, 6.45) is 0.712. The van der Waals surface area contributed by atoms with Gasteiger partial charge in [0.15, 0.2) is 0 Å². The quantitative estimate of drug-likeness (QED) is 0.428. The van der Waals surface area contributed by atoms with Gasteiger partial charge >= 0.3 is 0 Å². The molecule has 1 unspecified atom stereocenters. The van der Waals surface area contributed by atoms with Gasteiger partial charge in [0.1, 0.15) is 5.82 Å². The molecular weight excluding hydrogens is 430 g/mol. The molecule has 0 aliphatic rings. The molecule has 0 fully saturated rings. The first-order valence-corrected chi connectivity index (χ1v) is 7.99. The van der Waals surface area contributed by atoms with Crippen LogP contribution in [0.15, 0.2) is 34.1 Å². The van der Waals surface area contributed by atoms with E-state index in [1.54, 1.807) is 17.4 Å². The molecule has 0 saturated carbocycles. The van der Waals surface area contributed by atoms with Gasteiger partial charge in [0.25, 0.3) is 0 Å². The minimum Gasteiger partial charge on any atom is -0.271 e. The van der Waals surface area contributed by atoms with Crippen LogP contribution in [-0.2, 0) is 6.42 Å². The third-order valence-electron chi connectivity index (χ3n) is 2.63. The van der Waals surface area contributed by atoms with Gasteiger partial charge in [-0.15, -0.1) is 11.3 Å². The van der Waals surface area contributed by atoms with Gasteiger partial charge in [0, 0.05) is 4.47 Å². The zero-order chi connectivity index (χ0) is 13.1. The zero-order valence-electron chi connectivity index (χ0n) is 9.29. The van der Waals surface area contributed by atoms with E-state index in [2.05, 4.69) is 55.4 Å². The van der Waals surface area contributed by atoms with E-state index in [4.69, 9.17) is 5.84 Å². The van der Waals surface area contributed by atoms with Gasteiger partial charge in [0.2, 0.25) is 0 Å². The summed E-state index contributed by atoms with van der Waals surface area (Å²) in [5, 5.41) is 2.09. The van der Waals surface area contributed by atoms with Crippen molar-refractivity contribution in [3.63, 3.8) is 0 Å². The fraction of sp³-hybridized carbons (Fsp3) is 0.167. The lowest BCUT2D eigenvalue weighted by Crippen LogP contribution is -2.29. The van der Waals surface area contributed by atoms with Crippen LogP contribution in [0.4, 0.5) is 4.39 Å². The summed E-state index contributed by atoms with van der Waals surface area (Å²) in [4.78, 5) is 0. The smallest absolute Gasteiger partial charge is 0.124 e. The standard InChI is InChI=1S/C12H11BrFIN2S/c13-10-5-9(14)2-1-7(10)3-11(17-16)8-4-12(15)18-6-8/h1-2,4-6,11,17H,3,16H2. The number of hydrazine groups is 1. The lowest BCUT2D eigenvalue weighted by molar-refractivity contribution is 0.551. The lowest BCUT2D eigenvalue weighted by Gasteiger charge is -2.15. The minimum atomic E-state index is -0.243. The first-order valence-electron chi connectivity index (χ1n) is 5.24. The van der Waals surface area contributed by atoms with Crippen molar-refractivity contribution in [3.8, 4) is 0 Å². The molecule has 1 atom stereocenters. The molecule has 0 radical (unpaired) electrons. The normalized spacial score (nSPS) is 12.7. The monoisotopic (exact) mass is 440 g/mol. The van der Waals surface area contributed by atoms with Crippen LogP contribution in [0.2, 0.25) is 0 Å². The zero-order valence-corrected chi connectivity index (χ0v) is 13.9. The van der Waals surface area contributed by atoms with Crippen molar-refractivity contribution in [1.29, 1.82) is 0 Å². The van der Waals surface area contributed by atoms with Crippen molar-refractivity contribution in [2.24, 2.45) is 5.84 Å². The fourth-order valence-corrected chi connectivity index (χ4v) is 3.63. The number of hydrogen-bond acceptors (Lipinski definition) is 3. The lowest BCUT2D eigenvalue weighted by atomic mass is 10.0. The van der Waals surface area contributed by atoms with E-state index in [1.165, 1.54) is 15.0 Å². The Morgan fingerprint density at radius 3 is 2.78 bits per heavy atom. The highest BCUT2D eigenvalue weighted by molar-refractivity contribution is 14.1. The Balaban J connectivity index is 2.20. The highest BCUT2D eigenvalue weighted by Gasteiger charge is 2.14. The van der Waals surface area contributed by atoms with Crippen LogP contribution in [-0.4, -0.2) is 0 Å². The largest absolute Gasteiger partial charge is 0.271 e. The summed E-state index contributed by atoms with van der Waals surface area (Å²) in [6, 6.07) is 6.85. The summed E-state index contributed by atoms with van der Waals surface area (Å²) in [5.41, 5.74) is 4.99. The van der Waals surface area contributed by atoms with E-state index in [0.29, 0.717) is 6.42 Å². The number of hydrogen-bond donors (Lipinski definition) is 2. The first-order chi connectivity index (χ1) is 8.60. The van der Waals surface area contributed by atoms with E-state index < -0.39 is 0 Å². The van der Waals surface area contributed by atoms with Crippen molar-refractivity contribution < 1.29 is 4.39 Å². The Hall–Kier alpha value is -0.0200. The Kier molecular flexibility index (Phi) is 5.14. The van der Waals surface area contributed by atoms with E-state index in [1.807, 2.05) is 0 Å². The molecule has 1 aromatic carbocycles. The summed E-state index contributed by atoms with van der Waals surface area (Å²) in [6.45, 7) is 0. The average Bonchev–Trinajstić information content (AvgIpc) is 2.75. The molecule has 2 rings (SSSR count). The summed E-state index contributed by atoms with van der Waals surface area (Å²) in [7, 11) is 0. The molecule has 2 nitrogen and oxygen atoms in total. The SMILES string of the molecule is NNC(Cc1ccc(F)cc1Br)c1csc(I)c1. The molecule has 2 aromatic rings. The number of nitrogens with two attached hydrogens (primary N) is 1. The minimum absolute atomic E-state index is 0.0338. The van der Waals surface area contributed by atoms with E-state index >= 15 is 0 Å². The van der Waals surface area contributed by atoms with Crippen LogP contribution in [0.1, 0.15) is 17.2 Å². The Morgan fingerprint density at radius 1 is 1.44 bits per heavy atom. The molecule has 0 spiro atoms. The summed E-state index contributed by atoms with van der Waals surface area (Å²) >= 11 is 7.34. The van der Waals surface area contributed by atoms with Crippen LogP contribution in [0.5, 0.6) is 0 Å². The number of rotatable bonds is 4. The maximum absolute atomic E-state index is 13.0. The average molecular weight is 441 g/mol. The molecule has 0 bridgehead atoms. The third-order valence-corrected chi connectivity index (χ3v) is 5.18. The van der Waals surface area contributed by atoms with Crippen molar-refractivity contribution in [2.45, 2.75) is 12.5 Å².